The van der Waals surface area contributed by atoms with Gasteiger partial charge in [0.25, 0.3) is 5.91 Å². The molecule has 1 amide bonds. The summed E-state index contributed by atoms with van der Waals surface area (Å²) < 4.78 is 5.45. The first kappa shape index (κ1) is 17.1. The number of amides is 1. The summed E-state index contributed by atoms with van der Waals surface area (Å²) in [5.41, 5.74) is 1.42. The van der Waals surface area contributed by atoms with Crippen LogP contribution in [0.15, 0.2) is 23.6 Å². The van der Waals surface area contributed by atoms with Gasteiger partial charge in [-0.3, -0.25) is 14.8 Å². The van der Waals surface area contributed by atoms with E-state index < -0.39 is 0 Å². The smallest absolute Gasteiger partial charge is 0.271 e. The van der Waals surface area contributed by atoms with Crippen molar-refractivity contribution in [3.8, 4) is 0 Å². The van der Waals surface area contributed by atoms with E-state index in [4.69, 9.17) is 4.74 Å². The van der Waals surface area contributed by atoms with Gasteiger partial charge in [-0.05, 0) is 23.4 Å². The van der Waals surface area contributed by atoms with Crippen LogP contribution in [0.2, 0.25) is 0 Å². The highest BCUT2D eigenvalue weighted by molar-refractivity contribution is 7.10. The van der Waals surface area contributed by atoms with Crippen LogP contribution >= 0.6 is 11.3 Å². The highest BCUT2D eigenvalue weighted by atomic mass is 32.1. The first-order chi connectivity index (χ1) is 11.6. The van der Waals surface area contributed by atoms with Crippen molar-refractivity contribution >= 4 is 17.2 Å². The molecule has 24 heavy (non-hydrogen) atoms. The van der Waals surface area contributed by atoms with E-state index >= 15 is 0 Å². The molecule has 0 bridgehead atoms. The number of hydrogen-bond donors (Lipinski definition) is 2. The molecule has 0 spiro atoms. The van der Waals surface area contributed by atoms with E-state index in [-0.39, 0.29) is 11.9 Å². The Hall–Kier alpha value is -1.70. The summed E-state index contributed by atoms with van der Waals surface area (Å²) >= 11 is 1.72. The van der Waals surface area contributed by atoms with Crippen molar-refractivity contribution in [3.63, 3.8) is 0 Å². The largest absolute Gasteiger partial charge is 0.379 e. The monoisotopic (exact) mass is 348 g/mol. The van der Waals surface area contributed by atoms with E-state index in [9.17, 15) is 4.79 Å². The average molecular weight is 348 g/mol. The van der Waals surface area contributed by atoms with E-state index in [1.807, 2.05) is 6.07 Å². The lowest BCUT2D eigenvalue weighted by Crippen LogP contribution is -2.43. The minimum atomic E-state index is -0.132. The van der Waals surface area contributed by atoms with Crippen molar-refractivity contribution in [2.45, 2.75) is 25.8 Å². The molecule has 1 aliphatic rings. The van der Waals surface area contributed by atoms with E-state index in [0.29, 0.717) is 18.2 Å². The van der Waals surface area contributed by atoms with E-state index in [1.165, 1.54) is 4.88 Å². The van der Waals surface area contributed by atoms with Crippen LogP contribution in [-0.2, 0) is 4.74 Å². The first-order valence-electron chi connectivity index (χ1n) is 8.34. The van der Waals surface area contributed by atoms with Crippen molar-refractivity contribution in [1.29, 1.82) is 0 Å². The fourth-order valence-corrected chi connectivity index (χ4v) is 3.67. The number of ether oxygens (including phenoxy) is 1. The van der Waals surface area contributed by atoms with Gasteiger partial charge in [-0.25, -0.2) is 0 Å². The third kappa shape index (κ3) is 4.03. The zero-order valence-corrected chi connectivity index (χ0v) is 14.9. The summed E-state index contributed by atoms with van der Waals surface area (Å²) in [6.07, 6.45) is 0. The number of carbonyl (C=O) groups excluding carboxylic acids is 1. The molecule has 0 aliphatic carbocycles. The zero-order valence-electron chi connectivity index (χ0n) is 14.1. The zero-order chi connectivity index (χ0) is 16.9. The van der Waals surface area contributed by atoms with E-state index in [0.717, 1.165) is 32.0 Å². The number of nitrogens with one attached hydrogen (secondary N) is 2. The lowest BCUT2D eigenvalue weighted by molar-refractivity contribution is 0.0169. The van der Waals surface area contributed by atoms with Crippen molar-refractivity contribution in [1.82, 2.24) is 20.4 Å². The van der Waals surface area contributed by atoms with Crippen molar-refractivity contribution in [2.75, 3.05) is 32.8 Å². The molecule has 0 aromatic carbocycles. The third-order valence-corrected chi connectivity index (χ3v) is 5.24. The van der Waals surface area contributed by atoms with Gasteiger partial charge in [0.05, 0.1) is 19.3 Å². The van der Waals surface area contributed by atoms with E-state index in [2.05, 4.69) is 51.8 Å². The topological polar surface area (TPSA) is 70.2 Å². The molecule has 2 aromatic heterocycles. The number of aromatic amines is 1. The Kier molecular flexibility index (Phi) is 5.65. The van der Waals surface area contributed by atoms with Gasteiger partial charge in [0, 0.05) is 30.2 Å². The molecule has 0 saturated carbocycles. The predicted octanol–water partition coefficient (Wildman–Crippen LogP) is 2.40. The van der Waals surface area contributed by atoms with Gasteiger partial charge < -0.3 is 10.1 Å². The number of aromatic nitrogens is 2. The van der Waals surface area contributed by atoms with Gasteiger partial charge in [0.2, 0.25) is 0 Å². The van der Waals surface area contributed by atoms with Crippen LogP contribution in [0.1, 0.15) is 46.9 Å². The number of morpholine rings is 1. The normalized spacial score (nSPS) is 17.1. The quantitative estimate of drug-likeness (QED) is 0.841. The molecule has 2 aromatic rings. The maximum Gasteiger partial charge on any atom is 0.271 e. The Bertz CT molecular complexity index is 647. The number of nitrogens with zero attached hydrogens (tertiary/aromatic N) is 2. The second-order valence-corrected chi connectivity index (χ2v) is 7.23. The van der Waals surface area contributed by atoms with Crippen LogP contribution < -0.4 is 5.32 Å². The molecule has 1 saturated heterocycles. The summed E-state index contributed by atoms with van der Waals surface area (Å²) in [7, 11) is 0. The van der Waals surface area contributed by atoms with Crippen LogP contribution in [0, 0.1) is 0 Å². The molecule has 2 N–H and O–H groups in total. The number of hydrogen-bond acceptors (Lipinski definition) is 5. The fourth-order valence-electron chi connectivity index (χ4n) is 2.81. The maximum absolute atomic E-state index is 12.4. The molecule has 1 atom stereocenters. The standard InChI is InChI=1S/C17H24N4O2S/c1-12(2)13-10-14(20-19-13)17(22)18-11-15(16-4-3-9-24-16)21-5-7-23-8-6-21/h3-4,9-10,12,15H,5-8,11H2,1-2H3,(H,18,22)(H,19,20). The molecule has 0 radical (unpaired) electrons. The Labute approximate surface area is 146 Å². The Morgan fingerprint density at radius 1 is 1.46 bits per heavy atom. The molecular formula is C17H24N4O2S. The summed E-state index contributed by atoms with van der Waals surface area (Å²) in [4.78, 5) is 16.0. The molecule has 3 rings (SSSR count). The van der Waals surface area contributed by atoms with Crippen LogP contribution in [0.3, 0.4) is 0 Å². The molecule has 3 heterocycles. The number of rotatable bonds is 6. The summed E-state index contributed by atoms with van der Waals surface area (Å²) in [5.74, 6) is 0.194. The lowest BCUT2D eigenvalue weighted by Gasteiger charge is -2.34. The fraction of sp³-hybridized carbons (Fsp3) is 0.529. The maximum atomic E-state index is 12.4. The first-order valence-corrected chi connectivity index (χ1v) is 9.22. The van der Waals surface area contributed by atoms with E-state index in [1.54, 1.807) is 11.3 Å². The highest BCUT2D eigenvalue weighted by Crippen LogP contribution is 2.25. The summed E-state index contributed by atoms with van der Waals surface area (Å²) in [6, 6.07) is 6.19. The minimum absolute atomic E-state index is 0.132. The molecule has 130 valence electrons. The molecule has 7 heteroatoms. The van der Waals surface area contributed by atoms with Gasteiger partial charge in [-0.15, -0.1) is 11.3 Å². The van der Waals surface area contributed by atoms with Gasteiger partial charge in [-0.1, -0.05) is 19.9 Å². The van der Waals surface area contributed by atoms with Crippen LogP contribution in [0.5, 0.6) is 0 Å². The Morgan fingerprint density at radius 3 is 2.88 bits per heavy atom. The van der Waals surface area contributed by atoms with Gasteiger partial charge >= 0.3 is 0 Å². The second-order valence-electron chi connectivity index (χ2n) is 6.25. The molecular weight excluding hydrogens is 324 g/mol. The summed E-state index contributed by atoms with van der Waals surface area (Å²) in [6.45, 7) is 7.97. The third-order valence-electron chi connectivity index (χ3n) is 4.27. The lowest BCUT2D eigenvalue weighted by atomic mass is 10.1. The average Bonchev–Trinajstić information content (AvgIpc) is 3.28. The molecule has 1 unspecified atom stereocenters. The van der Waals surface area contributed by atoms with Crippen LogP contribution in [-0.4, -0.2) is 53.9 Å². The number of H-pyrrole nitrogens is 1. The van der Waals surface area contributed by atoms with Crippen molar-refractivity contribution in [3.05, 3.63) is 39.8 Å². The van der Waals surface area contributed by atoms with Crippen LogP contribution in [0.4, 0.5) is 0 Å². The highest BCUT2D eigenvalue weighted by Gasteiger charge is 2.24. The number of thiophene rings is 1. The SMILES string of the molecule is CC(C)c1cc(C(=O)NCC(c2cccs2)N2CCOCC2)n[nH]1. The number of carbonyl (C=O) groups is 1. The Morgan fingerprint density at radius 2 is 2.25 bits per heavy atom. The predicted molar refractivity (Wildman–Crippen MR) is 94.5 cm³/mol. The van der Waals surface area contributed by atoms with Crippen LogP contribution in [0.25, 0.3) is 0 Å². The van der Waals surface area contributed by atoms with Crippen molar-refractivity contribution in [2.24, 2.45) is 0 Å². The Balaban J connectivity index is 1.65. The second kappa shape index (κ2) is 7.92. The van der Waals surface area contributed by atoms with Gasteiger partial charge in [0.15, 0.2) is 0 Å². The molecule has 6 nitrogen and oxygen atoms in total. The molecule has 1 aliphatic heterocycles. The summed E-state index contributed by atoms with van der Waals surface area (Å²) in [5, 5.41) is 12.2. The minimum Gasteiger partial charge on any atom is -0.379 e. The van der Waals surface area contributed by atoms with Crippen molar-refractivity contribution < 1.29 is 9.53 Å². The molecule has 1 fully saturated rings. The van der Waals surface area contributed by atoms with Gasteiger partial charge in [-0.2, -0.15) is 5.10 Å². The van der Waals surface area contributed by atoms with Gasteiger partial charge in [0.1, 0.15) is 5.69 Å².